The number of nitrogens with zero attached hydrogens (tertiary/aromatic N) is 2. The number of ether oxygens (including phenoxy) is 2. The molecule has 9 nitrogen and oxygen atoms in total. The molecule has 0 radical (unpaired) electrons. The van der Waals surface area contributed by atoms with Crippen LogP contribution in [0.2, 0.25) is 0 Å². The van der Waals surface area contributed by atoms with Gasteiger partial charge in [-0.15, -0.1) is 0 Å². The molecule has 1 aliphatic heterocycles. The maximum absolute atomic E-state index is 13.5. The largest absolute Gasteiger partial charge is 0.487 e. The molecule has 1 atom stereocenters. The van der Waals surface area contributed by atoms with Crippen LogP contribution in [0.1, 0.15) is 27.6 Å². The summed E-state index contributed by atoms with van der Waals surface area (Å²) in [7, 11) is 0. The highest BCUT2D eigenvalue weighted by atomic mass is 19.1. The highest BCUT2D eigenvalue weighted by Crippen LogP contribution is 2.32. The van der Waals surface area contributed by atoms with Gasteiger partial charge in [0, 0.05) is 6.07 Å². The van der Waals surface area contributed by atoms with Gasteiger partial charge in [-0.3, -0.25) is 24.6 Å². The fourth-order valence-electron chi connectivity index (χ4n) is 2.87. The predicted molar refractivity (Wildman–Crippen MR) is 95.9 cm³/mol. The summed E-state index contributed by atoms with van der Waals surface area (Å²) in [5, 5.41) is 11.1. The number of carbonyl (C=O) groups excluding carboxylic acids is 3. The molecule has 0 aliphatic carbocycles. The molecule has 3 rings (SSSR count). The average Bonchev–Trinajstić information content (AvgIpc) is 2.96. The van der Waals surface area contributed by atoms with E-state index < -0.39 is 40.3 Å². The third-order valence-electron chi connectivity index (χ3n) is 4.27. The van der Waals surface area contributed by atoms with Gasteiger partial charge in [0.05, 0.1) is 10.5 Å². The van der Waals surface area contributed by atoms with Gasteiger partial charge in [-0.25, -0.2) is 9.18 Å². The molecular formula is C19H15FN2O7. The van der Waals surface area contributed by atoms with E-state index in [1.807, 2.05) is 0 Å². The van der Waals surface area contributed by atoms with E-state index in [-0.39, 0.29) is 30.1 Å². The Morgan fingerprint density at radius 2 is 1.86 bits per heavy atom. The summed E-state index contributed by atoms with van der Waals surface area (Å²) in [6, 6.07) is 8.06. The van der Waals surface area contributed by atoms with E-state index in [0.717, 1.165) is 6.07 Å². The second-order valence-electron chi connectivity index (χ2n) is 6.06. The standard InChI is InChI=1S/C19H15FN2O7/c1-11(19(25)29-10-9-28-15-8-3-2-6-13(15)20)21-17(23)12-5-4-7-14(22(26)27)16(12)18(21)24/h2-8,11H,9-10H2,1H3. The Bertz CT molecular complexity index is 1010. The summed E-state index contributed by atoms with van der Waals surface area (Å²) in [4.78, 5) is 48.3. The van der Waals surface area contributed by atoms with Gasteiger partial charge in [-0.2, -0.15) is 0 Å². The van der Waals surface area contributed by atoms with Gasteiger partial charge in [-0.05, 0) is 25.1 Å². The number of hydrogen-bond acceptors (Lipinski definition) is 7. The maximum Gasteiger partial charge on any atom is 0.329 e. The van der Waals surface area contributed by atoms with Crippen LogP contribution < -0.4 is 4.74 Å². The van der Waals surface area contributed by atoms with Crippen molar-refractivity contribution in [2.45, 2.75) is 13.0 Å². The van der Waals surface area contributed by atoms with Crippen LogP contribution >= 0.6 is 0 Å². The van der Waals surface area contributed by atoms with E-state index in [1.54, 1.807) is 6.07 Å². The van der Waals surface area contributed by atoms with Crippen molar-refractivity contribution < 1.29 is 33.2 Å². The monoisotopic (exact) mass is 402 g/mol. The molecule has 0 spiro atoms. The van der Waals surface area contributed by atoms with E-state index in [4.69, 9.17) is 9.47 Å². The lowest BCUT2D eigenvalue weighted by molar-refractivity contribution is -0.385. The molecule has 1 unspecified atom stereocenters. The molecule has 2 aromatic carbocycles. The quantitative estimate of drug-likeness (QED) is 0.229. The van der Waals surface area contributed by atoms with Gasteiger partial charge < -0.3 is 9.47 Å². The lowest BCUT2D eigenvalue weighted by Crippen LogP contribution is -2.44. The summed E-state index contributed by atoms with van der Waals surface area (Å²) in [6.45, 7) is 0.876. The summed E-state index contributed by atoms with van der Waals surface area (Å²) in [5.74, 6) is -3.24. The van der Waals surface area contributed by atoms with Crippen molar-refractivity contribution in [1.82, 2.24) is 4.90 Å². The molecule has 10 heteroatoms. The van der Waals surface area contributed by atoms with E-state index in [2.05, 4.69) is 0 Å². The van der Waals surface area contributed by atoms with Gasteiger partial charge in [-0.1, -0.05) is 18.2 Å². The van der Waals surface area contributed by atoms with Crippen molar-refractivity contribution in [1.29, 1.82) is 0 Å². The molecule has 0 N–H and O–H groups in total. The summed E-state index contributed by atoms with van der Waals surface area (Å²) in [5.41, 5.74) is -1.01. The Hall–Kier alpha value is -3.82. The number of nitro groups is 1. The molecule has 0 fully saturated rings. The zero-order valence-electron chi connectivity index (χ0n) is 15.2. The lowest BCUT2D eigenvalue weighted by Gasteiger charge is -2.20. The number of esters is 1. The molecule has 29 heavy (non-hydrogen) atoms. The second-order valence-corrected chi connectivity index (χ2v) is 6.06. The first-order chi connectivity index (χ1) is 13.8. The number of nitro benzene ring substituents is 1. The first-order valence-corrected chi connectivity index (χ1v) is 8.52. The minimum absolute atomic E-state index is 0.00995. The molecule has 1 aliphatic rings. The number of para-hydroxylation sites is 1. The van der Waals surface area contributed by atoms with Crippen LogP contribution in [0, 0.1) is 15.9 Å². The van der Waals surface area contributed by atoms with E-state index >= 15 is 0 Å². The normalized spacial score (nSPS) is 13.8. The number of benzene rings is 2. The van der Waals surface area contributed by atoms with Crippen LogP contribution in [0.25, 0.3) is 0 Å². The summed E-state index contributed by atoms with van der Waals surface area (Å²) in [6.07, 6.45) is 0. The number of hydrogen-bond donors (Lipinski definition) is 0. The Morgan fingerprint density at radius 3 is 2.55 bits per heavy atom. The van der Waals surface area contributed by atoms with Gasteiger partial charge in [0.2, 0.25) is 0 Å². The van der Waals surface area contributed by atoms with Gasteiger partial charge >= 0.3 is 5.97 Å². The lowest BCUT2D eigenvalue weighted by atomic mass is 10.1. The zero-order valence-corrected chi connectivity index (χ0v) is 15.2. The zero-order chi connectivity index (χ0) is 21.1. The molecule has 0 saturated heterocycles. The Morgan fingerprint density at radius 1 is 1.14 bits per heavy atom. The number of amides is 2. The smallest absolute Gasteiger partial charge is 0.329 e. The number of fused-ring (bicyclic) bond motifs is 1. The molecule has 1 heterocycles. The first-order valence-electron chi connectivity index (χ1n) is 8.52. The number of imide groups is 1. The predicted octanol–water partition coefficient (Wildman–Crippen LogP) is 2.34. The second kappa shape index (κ2) is 8.05. The molecule has 0 aromatic heterocycles. The highest BCUT2D eigenvalue weighted by molar-refractivity contribution is 6.24. The Balaban J connectivity index is 1.63. The van der Waals surface area contributed by atoms with Crippen molar-refractivity contribution in [2.75, 3.05) is 13.2 Å². The Kier molecular flexibility index (Phi) is 5.53. The van der Waals surface area contributed by atoms with Crippen molar-refractivity contribution >= 4 is 23.5 Å². The minimum Gasteiger partial charge on any atom is -0.487 e. The van der Waals surface area contributed by atoms with E-state index in [1.165, 1.54) is 37.3 Å². The van der Waals surface area contributed by atoms with Gasteiger partial charge in [0.15, 0.2) is 11.6 Å². The van der Waals surface area contributed by atoms with Crippen LogP contribution in [0.4, 0.5) is 10.1 Å². The van der Waals surface area contributed by atoms with Crippen molar-refractivity contribution in [3.63, 3.8) is 0 Å². The molecule has 0 saturated carbocycles. The van der Waals surface area contributed by atoms with Gasteiger partial charge in [0.25, 0.3) is 17.5 Å². The van der Waals surface area contributed by atoms with Crippen LogP contribution in [0.5, 0.6) is 5.75 Å². The maximum atomic E-state index is 13.5. The van der Waals surface area contributed by atoms with Crippen molar-refractivity contribution in [3.05, 3.63) is 69.5 Å². The topological polar surface area (TPSA) is 116 Å². The van der Waals surface area contributed by atoms with Crippen LogP contribution in [0.15, 0.2) is 42.5 Å². The molecule has 2 aromatic rings. The number of rotatable bonds is 7. The number of halogens is 1. The van der Waals surface area contributed by atoms with Crippen molar-refractivity contribution in [2.24, 2.45) is 0 Å². The summed E-state index contributed by atoms with van der Waals surface area (Å²) < 4.78 is 23.6. The van der Waals surface area contributed by atoms with E-state index in [9.17, 15) is 28.9 Å². The average molecular weight is 402 g/mol. The molecule has 150 valence electrons. The minimum atomic E-state index is -1.31. The van der Waals surface area contributed by atoms with Gasteiger partial charge in [0.1, 0.15) is 24.8 Å². The molecule has 0 bridgehead atoms. The van der Waals surface area contributed by atoms with Crippen LogP contribution in [-0.4, -0.2) is 46.9 Å². The fraction of sp³-hybridized carbons (Fsp3) is 0.211. The third kappa shape index (κ3) is 3.77. The van der Waals surface area contributed by atoms with E-state index in [0.29, 0.717) is 4.90 Å². The van der Waals surface area contributed by atoms with Crippen LogP contribution in [-0.2, 0) is 9.53 Å². The Labute approximate surface area is 163 Å². The summed E-state index contributed by atoms with van der Waals surface area (Å²) >= 11 is 0. The molecular weight excluding hydrogens is 387 g/mol. The first kappa shape index (κ1) is 19.9. The highest BCUT2D eigenvalue weighted by Gasteiger charge is 2.45. The van der Waals surface area contributed by atoms with Crippen molar-refractivity contribution in [3.8, 4) is 5.75 Å². The fourth-order valence-corrected chi connectivity index (χ4v) is 2.87. The number of carbonyl (C=O) groups is 3. The SMILES string of the molecule is CC(C(=O)OCCOc1ccccc1F)N1C(=O)c2cccc([N+](=O)[O-])c2C1=O. The molecule has 2 amide bonds. The van der Waals surface area contributed by atoms with Crippen LogP contribution in [0.3, 0.4) is 0 Å². The third-order valence-corrected chi connectivity index (χ3v) is 4.27.